The monoisotopic (exact) mass is 1830 g/mol. The highest BCUT2D eigenvalue weighted by molar-refractivity contribution is 6.23. The Hall–Kier alpha value is -19.8. The SMILES string of the molecule is c1ccc(-n2c3ccccc3c3ccc(-c4cc5c6c(c4)c4ccccc4n6-c4nc6ccccc6nc4-c4cccnc4-5)cc32)cc1.c1ccc(-n2c3ccccc3c3ccc(-c4cc5c6c(c4)c4cccnc4n6-c4nc6ccccc6nc4-c4ccccc4-5)cc32)cc1.c1cncc(-n2c3ccccc3c3ccc(-c4cc5c6c(c4)c4ccccc4n6-c4nc6ccccc6nc4-c4ccccc4-5)cc32)c1. The summed E-state index contributed by atoms with van der Waals surface area (Å²) in [6.07, 6.45) is 7.52. The second-order valence-electron chi connectivity index (χ2n) is 37.5. The van der Waals surface area contributed by atoms with Crippen molar-refractivity contribution >= 4 is 164 Å². The van der Waals surface area contributed by atoms with Gasteiger partial charge < -0.3 is 13.7 Å². The standard InChI is InChI=1S/3C43H25N5/c1-2-14-33-29(11-1)34-22-27(26-19-20-32-30-12-3-7-17-38(30)47(40(32)24-26)28-10-9-21-44-25-28)23-35-31-13-4-8-18-39(31)48(42(34)35)43-41(33)45-36-15-5-6-16-37(36)46-43;1-2-11-28(12-3-1)47-37-18-8-4-13-29(37)31-21-20-26(25-39(31)47)27-23-33-30-14-5-9-19-38(30)48-42(33)34(24-27)40-32(15-10-22-44-40)41-43(48)46-36-17-7-6-16-35(36)45-41;1-2-11-28(12-3-1)47-38-19-9-6-14-30(38)31-21-20-26(25-39(31)47)27-23-34-29-13-4-5-15-32(29)40-43(46-37-18-8-7-17-36(37)45-40)48-41(34)35(24-27)33-16-10-22-44-42(33)48/h3*1-25H. The van der Waals surface area contributed by atoms with Crippen molar-refractivity contribution in [3.63, 3.8) is 0 Å². The molecule has 3 aliphatic heterocycles. The minimum absolute atomic E-state index is 0.806. The maximum absolute atomic E-state index is 5.29. The van der Waals surface area contributed by atoms with Crippen LogP contribution in [0.5, 0.6) is 0 Å². The first-order valence-electron chi connectivity index (χ1n) is 48.6. The lowest BCUT2D eigenvalue weighted by molar-refractivity contribution is 1.06. The van der Waals surface area contributed by atoms with E-state index >= 15 is 0 Å². The largest absolute Gasteiger partial charge is 0.309 e. The van der Waals surface area contributed by atoms with E-state index in [0.717, 1.165) is 212 Å². The molecule has 666 valence electrons. The number of benzene rings is 18. The highest BCUT2D eigenvalue weighted by Gasteiger charge is 2.34. The molecule has 15 heterocycles. The molecule has 18 aromatic carbocycles. The Kier molecular flexibility index (Phi) is 17.0. The fraction of sp³-hybridized carbons (Fsp3) is 0. The molecule has 15 nitrogen and oxygen atoms in total. The van der Waals surface area contributed by atoms with Crippen LogP contribution in [-0.4, -0.2) is 72.3 Å². The first-order valence-corrected chi connectivity index (χ1v) is 48.6. The van der Waals surface area contributed by atoms with Crippen LogP contribution < -0.4 is 0 Å². The summed E-state index contributed by atoms with van der Waals surface area (Å²) in [5.74, 6) is 2.50. The third-order valence-corrected chi connectivity index (χ3v) is 29.7. The minimum atomic E-state index is 0.806. The molecule has 0 unspecified atom stereocenters. The van der Waals surface area contributed by atoms with Crippen molar-refractivity contribution in [2.45, 2.75) is 0 Å². The maximum Gasteiger partial charge on any atom is 0.166 e. The smallest absolute Gasteiger partial charge is 0.166 e. The van der Waals surface area contributed by atoms with E-state index in [0.29, 0.717) is 0 Å². The van der Waals surface area contributed by atoms with Gasteiger partial charge in [-0.25, -0.2) is 34.9 Å². The van der Waals surface area contributed by atoms with Gasteiger partial charge in [-0.15, -0.1) is 0 Å². The molecule has 0 spiro atoms. The van der Waals surface area contributed by atoms with Crippen molar-refractivity contribution < 1.29 is 0 Å². The van der Waals surface area contributed by atoms with Crippen LogP contribution in [-0.2, 0) is 0 Å². The number of para-hydroxylation sites is 13. The molecule has 0 fully saturated rings. The topological polar surface area (TPSA) is 146 Å². The van der Waals surface area contributed by atoms with E-state index in [1.54, 1.807) is 0 Å². The number of fused-ring (bicyclic) bond motifs is 36. The van der Waals surface area contributed by atoms with Gasteiger partial charge in [-0.1, -0.05) is 249 Å². The van der Waals surface area contributed by atoms with Crippen LogP contribution in [0.15, 0.2) is 455 Å². The predicted molar refractivity (Wildman–Crippen MR) is 588 cm³/mol. The van der Waals surface area contributed by atoms with Crippen LogP contribution >= 0.6 is 0 Å². The van der Waals surface area contributed by atoms with Gasteiger partial charge in [-0.3, -0.25) is 23.7 Å². The van der Waals surface area contributed by atoms with Gasteiger partial charge in [0.25, 0.3) is 0 Å². The zero-order valence-corrected chi connectivity index (χ0v) is 77.0. The quantitative estimate of drug-likeness (QED) is 0.159. The van der Waals surface area contributed by atoms with E-state index in [2.05, 4.69) is 372 Å². The second-order valence-corrected chi connectivity index (χ2v) is 37.5. The predicted octanol–water partition coefficient (Wildman–Crippen LogP) is 31.6. The number of nitrogens with zero attached hydrogens (tertiary/aromatic N) is 15. The molecule has 33 rings (SSSR count). The second kappa shape index (κ2) is 30.9. The van der Waals surface area contributed by atoms with Crippen LogP contribution in [0.1, 0.15) is 0 Å². The lowest BCUT2D eigenvalue weighted by Crippen LogP contribution is -2.03. The van der Waals surface area contributed by atoms with Crippen LogP contribution in [0.2, 0.25) is 0 Å². The first-order chi connectivity index (χ1) is 71.4. The lowest BCUT2D eigenvalue weighted by atomic mass is 9.92. The molecule has 0 aliphatic carbocycles. The van der Waals surface area contributed by atoms with E-state index in [1.807, 2.05) is 116 Å². The summed E-state index contributed by atoms with van der Waals surface area (Å²) in [6, 6.07) is 153. The average molecular weight is 1840 g/mol. The van der Waals surface area contributed by atoms with Gasteiger partial charge in [-0.2, -0.15) is 0 Å². The number of pyridine rings is 3. The first kappa shape index (κ1) is 79.3. The van der Waals surface area contributed by atoms with Gasteiger partial charge in [0.15, 0.2) is 17.5 Å². The molecule has 0 saturated heterocycles. The highest BCUT2D eigenvalue weighted by Crippen LogP contribution is 2.54. The Bertz CT molecular complexity index is 9820. The molecule has 0 atom stereocenters. The summed E-state index contributed by atoms with van der Waals surface area (Å²) in [4.78, 5) is 46.0. The Morgan fingerprint density at radius 3 is 0.910 bits per heavy atom. The lowest BCUT2D eigenvalue weighted by Gasteiger charge is -2.12. The third kappa shape index (κ3) is 11.7. The molecule has 30 aromatic rings. The number of hydrogen-bond donors (Lipinski definition) is 0. The summed E-state index contributed by atoms with van der Waals surface area (Å²) in [5, 5.41) is 14.4. The molecule has 3 aliphatic rings. The summed E-state index contributed by atoms with van der Waals surface area (Å²) in [6.45, 7) is 0. The number of rotatable bonds is 6. The molecule has 0 radical (unpaired) electrons. The summed E-state index contributed by atoms with van der Waals surface area (Å²) >= 11 is 0. The fourth-order valence-electron chi connectivity index (χ4n) is 23.5. The molecule has 0 N–H and O–H groups in total. The van der Waals surface area contributed by atoms with Crippen LogP contribution in [0, 0.1) is 0 Å². The molecular formula is C129H75N15. The molecule has 0 bridgehead atoms. The Labute approximate surface area is 821 Å². The van der Waals surface area contributed by atoms with Crippen molar-refractivity contribution in [1.29, 1.82) is 0 Å². The van der Waals surface area contributed by atoms with E-state index in [9.17, 15) is 0 Å². The summed E-state index contributed by atoms with van der Waals surface area (Å²) in [7, 11) is 0. The number of aromatic nitrogens is 15. The fourth-order valence-corrected chi connectivity index (χ4v) is 23.5. The zero-order chi connectivity index (χ0) is 94.0. The van der Waals surface area contributed by atoms with Crippen molar-refractivity contribution in [3.8, 4) is 135 Å². The molecule has 0 amide bonds. The van der Waals surface area contributed by atoms with Crippen molar-refractivity contribution in [1.82, 2.24) is 72.3 Å². The highest BCUT2D eigenvalue weighted by atomic mass is 15.1. The van der Waals surface area contributed by atoms with Gasteiger partial charge in [0.05, 0.1) is 111 Å². The summed E-state index contributed by atoms with van der Waals surface area (Å²) in [5.41, 5.74) is 41.4. The van der Waals surface area contributed by atoms with Gasteiger partial charge >= 0.3 is 0 Å². The van der Waals surface area contributed by atoms with E-state index in [1.165, 1.54) is 87.0 Å². The van der Waals surface area contributed by atoms with Crippen LogP contribution in [0.4, 0.5) is 0 Å². The molecule has 144 heavy (non-hydrogen) atoms. The maximum atomic E-state index is 5.29. The van der Waals surface area contributed by atoms with Gasteiger partial charge in [0.2, 0.25) is 0 Å². The van der Waals surface area contributed by atoms with E-state index < -0.39 is 0 Å². The van der Waals surface area contributed by atoms with Crippen molar-refractivity contribution in [3.05, 3.63) is 455 Å². The zero-order valence-electron chi connectivity index (χ0n) is 77.0. The Morgan fingerprint density at radius 1 is 0.160 bits per heavy atom. The van der Waals surface area contributed by atoms with E-state index in [4.69, 9.17) is 39.9 Å². The van der Waals surface area contributed by atoms with Crippen LogP contribution in [0.3, 0.4) is 0 Å². The minimum Gasteiger partial charge on any atom is -0.309 e. The van der Waals surface area contributed by atoms with Gasteiger partial charge in [0, 0.05) is 128 Å². The molecular weight excluding hydrogens is 1760 g/mol. The molecule has 12 aromatic heterocycles. The van der Waals surface area contributed by atoms with Crippen molar-refractivity contribution in [2.24, 2.45) is 0 Å². The van der Waals surface area contributed by atoms with Gasteiger partial charge in [-0.05, 0) is 226 Å². The Morgan fingerprint density at radius 2 is 0.465 bits per heavy atom. The Balaban J connectivity index is 0.0000000986. The molecule has 0 saturated carbocycles. The average Bonchev–Trinajstić information content (AvgIpc) is 1.55. The van der Waals surface area contributed by atoms with E-state index in [-0.39, 0.29) is 0 Å². The molecule has 15 heteroatoms. The normalized spacial score (nSPS) is 12.2. The summed E-state index contributed by atoms with van der Waals surface area (Å²) < 4.78 is 14.0. The van der Waals surface area contributed by atoms with Crippen LogP contribution in [0.25, 0.3) is 299 Å². The van der Waals surface area contributed by atoms with Gasteiger partial charge in [0.1, 0.15) is 22.7 Å². The third-order valence-electron chi connectivity index (χ3n) is 29.7. The van der Waals surface area contributed by atoms with Crippen molar-refractivity contribution in [2.75, 3.05) is 0 Å². The number of hydrogen-bond acceptors (Lipinski definition) is 9.